The Morgan fingerprint density at radius 1 is 1.00 bits per heavy atom. The predicted octanol–water partition coefficient (Wildman–Crippen LogP) is 4.18. The number of carbonyl (C=O) groups is 2. The summed E-state index contributed by atoms with van der Waals surface area (Å²) in [6, 6.07) is 16.7. The van der Waals surface area contributed by atoms with E-state index in [1.54, 1.807) is 32.9 Å². The molecule has 0 saturated carbocycles. The third kappa shape index (κ3) is 4.59. The van der Waals surface area contributed by atoms with Gasteiger partial charge in [-0.05, 0) is 32.4 Å². The van der Waals surface area contributed by atoms with Crippen molar-refractivity contribution in [1.82, 2.24) is 0 Å². The number of carboxylic acids is 1. The summed E-state index contributed by atoms with van der Waals surface area (Å²) < 4.78 is 5.37. The van der Waals surface area contributed by atoms with E-state index in [2.05, 4.69) is 0 Å². The van der Waals surface area contributed by atoms with Crippen LogP contribution in [0, 0.1) is 0 Å². The van der Waals surface area contributed by atoms with Crippen molar-refractivity contribution in [3.63, 3.8) is 0 Å². The quantitative estimate of drug-likeness (QED) is 0.915. The third-order valence-corrected chi connectivity index (χ3v) is 3.19. The summed E-state index contributed by atoms with van der Waals surface area (Å²) in [7, 11) is 0. The minimum absolute atomic E-state index is 0.473. The maximum atomic E-state index is 12.5. The van der Waals surface area contributed by atoms with Gasteiger partial charge in [0.2, 0.25) is 0 Å². The monoisotopic (exact) mass is 327 g/mol. The molecule has 0 radical (unpaired) electrons. The molecule has 126 valence electrons. The fraction of sp³-hybridized carbons (Fsp3) is 0.263. The van der Waals surface area contributed by atoms with Crippen LogP contribution in [0.25, 0.3) is 11.1 Å². The molecular weight excluding hydrogens is 306 g/mol. The van der Waals surface area contributed by atoms with Crippen molar-refractivity contribution in [2.45, 2.75) is 26.4 Å². The maximum Gasteiger partial charge on any atom is 0.415 e. The van der Waals surface area contributed by atoms with Crippen molar-refractivity contribution < 1.29 is 19.4 Å². The van der Waals surface area contributed by atoms with Crippen LogP contribution in [0.3, 0.4) is 0 Å². The first kappa shape index (κ1) is 17.5. The number of benzene rings is 2. The Morgan fingerprint density at radius 2 is 1.58 bits per heavy atom. The normalized spacial score (nSPS) is 11.0. The van der Waals surface area contributed by atoms with Gasteiger partial charge in [-0.25, -0.2) is 4.79 Å². The Kier molecular flexibility index (Phi) is 5.24. The first-order chi connectivity index (χ1) is 11.3. The fourth-order valence-electron chi connectivity index (χ4n) is 2.27. The number of ether oxygens (including phenoxy) is 1. The molecule has 0 aliphatic heterocycles. The van der Waals surface area contributed by atoms with E-state index in [1.165, 1.54) is 0 Å². The van der Waals surface area contributed by atoms with Crippen molar-refractivity contribution in [3.8, 4) is 11.1 Å². The summed E-state index contributed by atoms with van der Waals surface area (Å²) in [4.78, 5) is 24.9. The van der Waals surface area contributed by atoms with Crippen LogP contribution in [0.15, 0.2) is 54.6 Å². The van der Waals surface area contributed by atoms with Crippen molar-refractivity contribution >= 4 is 17.7 Å². The van der Waals surface area contributed by atoms with Gasteiger partial charge in [0.15, 0.2) is 0 Å². The predicted molar refractivity (Wildman–Crippen MR) is 93.1 cm³/mol. The Morgan fingerprint density at radius 3 is 2.17 bits per heavy atom. The molecule has 2 aromatic rings. The maximum absolute atomic E-state index is 12.5. The average Bonchev–Trinajstić information content (AvgIpc) is 2.51. The molecule has 5 heteroatoms. The highest BCUT2D eigenvalue weighted by Crippen LogP contribution is 2.31. The number of hydrogen-bond donors (Lipinski definition) is 1. The average molecular weight is 327 g/mol. The van der Waals surface area contributed by atoms with Gasteiger partial charge in [-0.15, -0.1) is 0 Å². The SMILES string of the molecule is CC(C)(C)OC(=O)N(CC(=O)O)c1ccccc1-c1ccccc1. The van der Waals surface area contributed by atoms with Gasteiger partial charge in [0.05, 0.1) is 5.69 Å². The molecule has 0 fully saturated rings. The van der Waals surface area contributed by atoms with Crippen LogP contribution in [0.5, 0.6) is 0 Å². The molecule has 0 saturated heterocycles. The smallest absolute Gasteiger partial charge is 0.415 e. The summed E-state index contributed by atoms with van der Waals surface area (Å²) in [6.07, 6.45) is -0.687. The minimum atomic E-state index is -1.11. The highest BCUT2D eigenvalue weighted by Gasteiger charge is 2.27. The van der Waals surface area contributed by atoms with Crippen molar-refractivity contribution in [3.05, 3.63) is 54.6 Å². The Labute approximate surface area is 141 Å². The zero-order chi connectivity index (χ0) is 17.7. The molecule has 24 heavy (non-hydrogen) atoms. The van der Waals surface area contributed by atoms with E-state index >= 15 is 0 Å². The van der Waals surface area contributed by atoms with Gasteiger partial charge in [-0.3, -0.25) is 9.69 Å². The Balaban J connectivity index is 2.47. The topological polar surface area (TPSA) is 66.8 Å². The molecule has 0 aliphatic carbocycles. The Bertz CT molecular complexity index is 720. The summed E-state index contributed by atoms with van der Waals surface area (Å²) in [5.41, 5.74) is 1.45. The van der Waals surface area contributed by atoms with Crippen LogP contribution in [0.4, 0.5) is 10.5 Å². The van der Waals surface area contributed by atoms with Gasteiger partial charge in [0, 0.05) is 5.56 Å². The van der Waals surface area contributed by atoms with E-state index in [1.807, 2.05) is 42.5 Å². The van der Waals surface area contributed by atoms with Crippen LogP contribution in [-0.2, 0) is 9.53 Å². The first-order valence-corrected chi connectivity index (χ1v) is 7.65. The molecule has 0 unspecified atom stereocenters. The van der Waals surface area contributed by atoms with Gasteiger partial charge >= 0.3 is 12.1 Å². The summed E-state index contributed by atoms with van der Waals surface area (Å²) in [6.45, 7) is 4.76. The number of carboxylic acid groups (broad SMARTS) is 1. The molecule has 0 atom stereocenters. The molecule has 5 nitrogen and oxygen atoms in total. The second-order valence-electron chi connectivity index (χ2n) is 6.34. The molecule has 0 aromatic heterocycles. The van der Waals surface area contributed by atoms with Crippen LogP contribution < -0.4 is 4.90 Å². The number of hydrogen-bond acceptors (Lipinski definition) is 3. The van der Waals surface area contributed by atoms with Crippen LogP contribution in [-0.4, -0.2) is 29.3 Å². The largest absolute Gasteiger partial charge is 0.480 e. The van der Waals surface area contributed by atoms with Crippen molar-refractivity contribution in [2.75, 3.05) is 11.4 Å². The lowest BCUT2D eigenvalue weighted by molar-refractivity contribution is -0.135. The van der Waals surface area contributed by atoms with Gasteiger partial charge < -0.3 is 9.84 Å². The summed E-state index contributed by atoms with van der Waals surface area (Å²) >= 11 is 0. The molecule has 2 aromatic carbocycles. The Hall–Kier alpha value is -2.82. The highest BCUT2D eigenvalue weighted by molar-refractivity contribution is 5.97. The van der Waals surface area contributed by atoms with E-state index in [-0.39, 0.29) is 0 Å². The van der Waals surface area contributed by atoms with Crippen molar-refractivity contribution in [1.29, 1.82) is 0 Å². The number of anilines is 1. The molecule has 0 bridgehead atoms. The molecule has 0 heterocycles. The van der Waals surface area contributed by atoms with Gasteiger partial charge in [0.1, 0.15) is 12.1 Å². The number of rotatable bonds is 4. The highest BCUT2D eigenvalue weighted by atomic mass is 16.6. The van der Waals surface area contributed by atoms with E-state index in [0.29, 0.717) is 5.69 Å². The number of amides is 1. The lowest BCUT2D eigenvalue weighted by atomic mass is 10.0. The molecule has 0 aliphatic rings. The number of carbonyl (C=O) groups excluding carboxylic acids is 1. The lowest BCUT2D eigenvalue weighted by Gasteiger charge is -2.27. The molecule has 1 N–H and O–H groups in total. The fourth-order valence-corrected chi connectivity index (χ4v) is 2.27. The first-order valence-electron chi connectivity index (χ1n) is 7.65. The number of para-hydroxylation sites is 1. The standard InChI is InChI=1S/C19H21NO4/c1-19(2,3)24-18(23)20(13-17(21)22)16-12-8-7-11-15(16)14-9-5-4-6-10-14/h4-12H,13H2,1-3H3,(H,21,22). The minimum Gasteiger partial charge on any atom is -0.480 e. The second-order valence-corrected chi connectivity index (χ2v) is 6.34. The zero-order valence-corrected chi connectivity index (χ0v) is 14.0. The van der Waals surface area contributed by atoms with Gasteiger partial charge in [-0.2, -0.15) is 0 Å². The molecule has 1 amide bonds. The van der Waals surface area contributed by atoms with Gasteiger partial charge in [-0.1, -0.05) is 48.5 Å². The third-order valence-electron chi connectivity index (χ3n) is 3.19. The molecular formula is C19H21NO4. The van der Waals surface area contributed by atoms with Crippen LogP contribution in [0.1, 0.15) is 20.8 Å². The summed E-state index contributed by atoms with van der Waals surface area (Å²) in [5, 5.41) is 9.20. The zero-order valence-electron chi connectivity index (χ0n) is 14.0. The lowest BCUT2D eigenvalue weighted by Crippen LogP contribution is -2.40. The van der Waals surface area contributed by atoms with Crippen molar-refractivity contribution in [2.24, 2.45) is 0 Å². The molecule has 2 rings (SSSR count). The second kappa shape index (κ2) is 7.17. The van der Waals surface area contributed by atoms with Crippen LogP contribution >= 0.6 is 0 Å². The van der Waals surface area contributed by atoms with E-state index in [4.69, 9.17) is 4.74 Å². The van der Waals surface area contributed by atoms with E-state index in [0.717, 1.165) is 16.0 Å². The van der Waals surface area contributed by atoms with Crippen LogP contribution in [0.2, 0.25) is 0 Å². The van der Waals surface area contributed by atoms with E-state index < -0.39 is 24.2 Å². The number of nitrogens with zero attached hydrogens (tertiary/aromatic N) is 1. The number of aliphatic carboxylic acids is 1. The van der Waals surface area contributed by atoms with Gasteiger partial charge in [0.25, 0.3) is 0 Å². The molecule has 0 spiro atoms. The summed E-state index contributed by atoms with van der Waals surface area (Å²) in [5.74, 6) is -1.11. The van der Waals surface area contributed by atoms with E-state index in [9.17, 15) is 14.7 Å².